The summed E-state index contributed by atoms with van der Waals surface area (Å²) in [4.78, 5) is 20.3. The molecule has 0 radical (unpaired) electrons. The summed E-state index contributed by atoms with van der Waals surface area (Å²) in [6.45, 7) is 1.73. The van der Waals surface area contributed by atoms with Gasteiger partial charge in [0.25, 0.3) is 5.91 Å². The average molecular weight is 411 g/mol. The van der Waals surface area contributed by atoms with Crippen molar-refractivity contribution in [3.63, 3.8) is 0 Å². The standard InChI is InChI=1S/C19H24F3N5O2/c1-25(16-10-14(4-7-23-16)19(20,21)22)11-13-5-8-27(9-6-13)18(28)15-12-26(2)24-17(15)29-3/h4,7,10,12-13H,5-6,8-9,11H2,1-3H3. The van der Waals surface area contributed by atoms with Crippen LogP contribution < -0.4 is 9.64 Å². The molecular weight excluding hydrogens is 387 g/mol. The summed E-state index contributed by atoms with van der Waals surface area (Å²) < 4.78 is 45.4. The number of carbonyl (C=O) groups excluding carboxylic acids is 1. The van der Waals surface area contributed by atoms with Crippen molar-refractivity contribution >= 4 is 11.7 Å². The van der Waals surface area contributed by atoms with E-state index in [1.54, 1.807) is 30.1 Å². The van der Waals surface area contributed by atoms with E-state index in [1.807, 2.05) is 0 Å². The first-order chi connectivity index (χ1) is 13.7. The number of pyridine rings is 1. The van der Waals surface area contributed by atoms with Gasteiger partial charge in [-0.25, -0.2) is 4.98 Å². The van der Waals surface area contributed by atoms with Gasteiger partial charge in [-0.2, -0.15) is 13.2 Å². The molecule has 0 aromatic carbocycles. The van der Waals surface area contributed by atoms with Crippen LogP contribution in [-0.4, -0.2) is 59.4 Å². The molecule has 0 unspecified atom stereocenters. The van der Waals surface area contributed by atoms with E-state index in [-0.39, 0.29) is 11.8 Å². The first kappa shape index (κ1) is 20.9. The zero-order valence-corrected chi connectivity index (χ0v) is 16.6. The Labute approximate surface area is 167 Å². The van der Waals surface area contributed by atoms with Crippen molar-refractivity contribution in [2.75, 3.05) is 38.7 Å². The lowest BCUT2D eigenvalue weighted by atomic mass is 9.96. The van der Waals surface area contributed by atoms with Crippen molar-refractivity contribution in [2.24, 2.45) is 13.0 Å². The van der Waals surface area contributed by atoms with E-state index >= 15 is 0 Å². The number of methoxy groups -OCH3 is 1. The molecule has 0 N–H and O–H groups in total. The summed E-state index contributed by atoms with van der Waals surface area (Å²) in [5.41, 5.74) is -0.279. The van der Waals surface area contributed by atoms with Crippen molar-refractivity contribution in [2.45, 2.75) is 19.0 Å². The Bertz CT molecular complexity index is 860. The molecule has 3 heterocycles. The van der Waals surface area contributed by atoms with Crippen LogP contribution in [0.1, 0.15) is 28.8 Å². The van der Waals surface area contributed by atoms with Gasteiger partial charge >= 0.3 is 6.18 Å². The number of halogens is 3. The smallest absolute Gasteiger partial charge is 0.416 e. The minimum atomic E-state index is -4.39. The number of hydrogen-bond donors (Lipinski definition) is 0. The van der Waals surface area contributed by atoms with E-state index in [2.05, 4.69) is 10.1 Å². The normalized spacial score (nSPS) is 15.4. The van der Waals surface area contributed by atoms with E-state index < -0.39 is 11.7 Å². The molecule has 0 aliphatic carbocycles. The highest BCUT2D eigenvalue weighted by Crippen LogP contribution is 2.31. The Balaban J connectivity index is 1.58. The maximum absolute atomic E-state index is 12.9. The van der Waals surface area contributed by atoms with Gasteiger partial charge in [0.2, 0.25) is 5.88 Å². The summed E-state index contributed by atoms with van der Waals surface area (Å²) in [5, 5.41) is 4.11. The number of hydrogen-bond acceptors (Lipinski definition) is 5. The van der Waals surface area contributed by atoms with Crippen LogP contribution in [0.4, 0.5) is 19.0 Å². The highest BCUT2D eigenvalue weighted by molar-refractivity contribution is 5.96. The minimum absolute atomic E-state index is 0.124. The fourth-order valence-electron chi connectivity index (χ4n) is 3.54. The van der Waals surface area contributed by atoms with Gasteiger partial charge in [0.05, 0.1) is 12.7 Å². The third kappa shape index (κ3) is 4.80. The SMILES string of the molecule is COc1nn(C)cc1C(=O)N1CCC(CN(C)c2cc(C(F)(F)F)ccn2)CC1. The summed E-state index contributed by atoms with van der Waals surface area (Å²) in [5.74, 6) is 0.728. The molecule has 1 fully saturated rings. The summed E-state index contributed by atoms with van der Waals surface area (Å²) >= 11 is 0. The minimum Gasteiger partial charge on any atom is -0.479 e. The zero-order valence-electron chi connectivity index (χ0n) is 16.6. The highest BCUT2D eigenvalue weighted by atomic mass is 19.4. The molecule has 1 saturated heterocycles. The first-order valence-electron chi connectivity index (χ1n) is 9.30. The number of anilines is 1. The van der Waals surface area contributed by atoms with E-state index in [9.17, 15) is 18.0 Å². The quantitative estimate of drug-likeness (QED) is 0.757. The molecule has 3 rings (SSSR count). The van der Waals surface area contributed by atoms with Crippen LogP contribution >= 0.6 is 0 Å². The Morgan fingerprint density at radius 2 is 2.03 bits per heavy atom. The Morgan fingerprint density at radius 1 is 1.34 bits per heavy atom. The zero-order chi connectivity index (χ0) is 21.2. The predicted octanol–water partition coefficient (Wildman–Crippen LogP) is 2.83. The van der Waals surface area contributed by atoms with Gasteiger partial charge in [0, 0.05) is 46.1 Å². The molecule has 10 heteroatoms. The fourth-order valence-corrected chi connectivity index (χ4v) is 3.54. The molecule has 29 heavy (non-hydrogen) atoms. The molecule has 0 saturated carbocycles. The van der Waals surface area contributed by atoms with E-state index in [0.29, 0.717) is 36.9 Å². The van der Waals surface area contributed by atoms with Crippen LogP contribution in [-0.2, 0) is 13.2 Å². The second kappa shape index (κ2) is 8.30. The predicted molar refractivity (Wildman–Crippen MR) is 101 cm³/mol. The maximum Gasteiger partial charge on any atom is 0.416 e. The van der Waals surface area contributed by atoms with Gasteiger partial charge in [0.15, 0.2) is 0 Å². The van der Waals surface area contributed by atoms with Crippen LogP contribution in [0.3, 0.4) is 0 Å². The Kier molecular flexibility index (Phi) is 5.99. The largest absolute Gasteiger partial charge is 0.479 e. The van der Waals surface area contributed by atoms with Crippen LogP contribution in [0.25, 0.3) is 0 Å². The number of carbonyl (C=O) groups is 1. The van der Waals surface area contributed by atoms with Gasteiger partial charge in [-0.15, -0.1) is 5.10 Å². The molecule has 7 nitrogen and oxygen atoms in total. The topological polar surface area (TPSA) is 63.5 Å². The van der Waals surface area contributed by atoms with Gasteiger partial charge in [-0.3, -0.25) is 9.48 Å². The lowest BCUT2D eigenvalue weighted by Gasteiger charge is -2.34. The average Bonchev–Trinajstić information content (AvgIpc) is 3.08. The Hall–Kier alpha value is -2.78. The molecule has 158 valence electrons. The van der Waals surface area contributed by atoms with Crippen molar-refractivity contribution in [3.8, 4) is 5.88 Å². The van der Waals surface area contributed by atoms with E-state index in [0.717, 1.165) is 25.0 Å². The van der Waals surface area contributed by atoms with Crippen LogP contribution in [0.5, 0.6) is 5.88 Å². The number of rotatable bonds is 5. The second-order valence-corrected chi connectivity index (χ2v) is 7.24. The number of nitrogens with zero attached hydrogens (tertiary/aromatic N) is 5. The van der Waals surface area contributed by atoms with Crippen molar-refractivity contribution in [3.05, 3.63) is 35.7 Å². The number of aryl methyl sites for hydroxylation is 1. The molecule has 2 aromatic rings. The monoisotopic (exact) mass is 411 g/mol. The van der Waals surface area contributed by atoms with E-state index in [4.69, 9.17) is 4.74 Å². The number of amides is 1. The first-order valence-corrected chi connectivity index (χ1v) is 9.30. The molecular formula is C19H24F3N5O2. The van der Waals surface area contributed by atoms with Crippen molar-refractivity contribution in [1.29, 1.82) is 0 Å². The van der Waals surface area contributed by atoms with Gasteiger partial charge in [0.1, 0.15) is 11.4 Å². The molecule has 0 bridgehead atoms. The van der Waals surface area contributed by atoms with Crippen LogP contribution in [0.2, 0.25) is 0 Å². The Morgan fingerprint density at radius 3 is 2.66 bits per heavy atom. The van der Waals surface area contributed by atoms with Gasteiger partial charge in [-0.1, -0.05) is 0 Å². The number of aromatic nitrogens is 3. The maximum atomic E-state index is 12.9. The molecule has 2 aromatic heterocycles. The molecule has 0 atom stereocenters. The number of alkyl halides is 3. The van der Waals surface area contributed by atoms with Crippen LogP contribution in [0.15, 0.2) is 24.5 Å². The highest BCUT2D eigenvalue weighted by Gasteiger charge is 2.31. The summed E-state index contributed by atoms with van der Waals surface area (Å²) in [6, 6.07) is 2.03. The third-order valence-electron chi connectivity index (χ3n) is 5.12. The van der Waals surface area contributed by atoms with E-state index in [1.165, 1.54) is 18.0 Å². The number of piperidine rings is 1. The lowest BCUT2D eigenvalue weighted by molar-refractivity contribution is -0.137. The number of ether oxygens (including phenoxy) is 1. The van der Waals surface area contributed by atoms with Crippen molar-refractivity contribution in [1.82, 2.24) is 19.7 Å². The van der Waals surface area contributed by atoms with Gasteiger partial charge < -0.3 is 14.5 Å². The molecule has 1 aliphatic rings. The summed E-state index contributed by atoms with van der Waals surface area (Å²) in [7, 11) is 4.94. The molecule has 1 aliphatic heterocycles. The molecule has 0 spiro atoms. The van der Waals surface area contributed by atoms with Gasteiger partial charge in [-0.05, 0) is 30.9 Å². The number of likely N-dealkylation sites (tertiary alicyclic amines) is 1. The van der Waals surface area contributed by atoms with Crippen molar-refractivity contribution < 1.29 is 22.7 Å². The second-order valence-electron chi connectivity index (χ2n) is 7.24. The fraction of sp³-hybridized carbons (Fsp3) is 0.526. The third-order valence-corrected chi connectivity index (χ3v) is 5.12. The lowest BCUT2D eigenvalue weighted by Crippen LogP contribution is -2.41. The summed E-state index contributed by atoms with van der Waals surface area (Å²) in [6.07, 6.45) is -0.0512. The van der Waals surface area contributed by atoms with Crippen LogP contribution in [0, 0.1) is 5.92 Å². The molecule has 1 amide bonds.